The molecule has 0 aromatic carbocycles. The number of rotatable bonds is 11. The van der Waals surface area contributed by atoms with Crippen molar-refractivity contribution in [1.82, 2.24) is 30.9 Å². The summed E-state index contributed by atoms with van der Waals surface area (Å²) in [5, 5.41) is 74.0. The number of morpholine rings is 5. The first kappa shape index (κ1) is 56.7. The topological polar surface area (TPSA) is 400 Å². The lowest BCUT2D eigenvalue weighted by molar-refractivity contribution is -0.765. The Hall–Kier alpha value is -7.63. The van der Waals surface area contributed by atoms with Crippen LogP contribution in [0.25, 0.3) is 0 Å². The van der Waals surface area contributed by atoms with Crippen molar-refractivity contribution in [2.45, 2.75) is 13.8 Å². The van der Waals surface area contributed by atoms with Gasteiger partial charge in [-0.2, -0.15) is 40.6 Å². The van der Waals surface area contributed by atoms with E-state index in [-0.39, 0.29) is 37.1 Å². The average Bonchev–Trinajstić information content (AvgIpc) is 4.20. The molecule has 3 aromatic rings. The van der Waals surface area contributed by atoms with Gasteiger partial charge >= 0.3 is 11.8 Å². The highest BCUT2D eigenvalue weighted by atomic mass is 16.6. The van der Waals surface area contributed by atoms with Crippen LogP contribution < -0.4 is 50.4 Å². The summed E-state index contributed by atoms with van der Waals surface area (Å²) < 4.78 is 49.5. The van der Waals surface area contributed by atoms with Crippen LogP contribution >= 0.6 is 0 Å². The molecule has 0 amide bonds. The smallest absolute Gasteiger partial charge is 0.326 e. The van der Waals surface area contributed by atoms with Crippen molar-refractivity contribution in [3.8, 4) is 12.1 Å². The minimum Gasteiger partial charge on any atom is -0.600 e. The van der Waals surface area contributed by atoms with Gasteiger partial charge in [0.15, 0.2) is 12.2 Å². The molecule has 8 heterocycles. The van der Waals surface area contributed by atoms with Crippen LogP contribution in [0.4, 0.5) is 11.8 Å². The zero-order valence-corrected chi connectivity index (χ0v) is 38.8. The number of aromatic nitrogens is 6. The van der Waals surface area contributed by atoms with Crippen LogP contribution in [0, 0.1) is 43.5 Å². The third kappa shape index (κ3) is 22.0. The molecule has 5 saturated heterocycles. The van der Waals surface area contributed by atoms with Crippen molar-refractivity contribution < 1.29 is 71.3 Å². The number of hydrogen-bond acceptors (Lipinski definition) is 29. The fourth-order valence-electron chi connectivity index (χ4n) is 5.77. The molecule has 70 heavy (non-hydrogen) atoms. The molecule has 5 aliphatic rings. The lowest BCUT2D eigenvalue weighted by atomic mass is 10.5. The zero-order chi connectivity index (χ0) is 50.6. The normalized spacial score (nSPS) is 17.4. The first-order chi connectivity index (χ1) is 34.3. The second kappa shape index (κ2) is 34.6. The van der Waals surface area contributed by atoms with Gasteiger partial charge in [0.1, 0.15) is 18.8 Å². The second-order valence-electron chi connectivity index (χ2n) is 13.5. The number of aliphatic imine (C=N–C) groups is 2. The van der Waals surface area contributed by atoms with E-state index >= 15 is 0 Å². The highest BCUT2D eigenvalue weighted by Gasteiger charge is 2.24. The van der Waals surface area contributed by atoms with Crippen LogP contribution in [-0.2, 0) is 33.2 Å². The Kier molecular flexibility index (Phi) is 28.0. The molecule has 2 N–H and O–H groups in total. The fourth-order valence-corrected chi connectivity index (χ4v) is 5.77. The predicted octanol–water partition coefficient (Wildman–Crippen LogP) is -5.50. The van der Waals surface area contributed by atoms with Gasteiger partial charge in [0.2, 0.25) is 10.5 Å². The number of hydrazine groups is 1. The van der Waals surface area contributed by atoms with E-state index in [1.54, 1.807) is 23.6 Å². The molecule has 3 aromatic heterocycles. The van der Waals surface area contributed by atoms with Crippen LogP contribution in [0.5, 0.6) is 0 Å². The third-order valence-electron chi connectivity index (χ3n) is 9.00. The van der Waals surface area contributed by atoms with Crippen LogP contribution in [0.1, 0.15) is 13.8 Å². The van der Waals surface area contributed by atoms with E-state index in [0.29, 0.717) is 79.2 Å². The quantitative estimate of drug-likeness (QED) is 0.0452. The Morgan fingerprint density at radius 3 is 1.56 bits per heavy atom. The maximum Gasteiger partial charge on any atom is 0.326 e. The van der Waals surface area contributed by atoms with E-state index in [4.69, 9.17) is 53.6 Å². The van der Waals surface area contributed by atoms with Crippen molar-refractivity contribution in [2.75, 3.05) is 166 Å². The Bertz CT molecular complexity index is 2020. The van der Waals surface area contributed by atoms with Crippen LogP contribution in [0.2, 0.25) is 0 Å². The van der Waals surface area contributed by atoms with E-state index in [2.05, 4.69) is 55.8 Å². The monoisotopic (exact) mass is 994 g/mol. The number of nitroso groups, excluding NO2 is 2. The molecule has 0 spiro atoms. The maximum absolute atomic E-state index is 11.1. The lowest BCUT2D eigenvalue weighted by Crippen LogP contribution is -2.63. The van der Waals surface area contributed by atoms with Gasteiger partial charge in [-0.25, -0.2) is 0 Å². The van der Waals surface area contributed by atoms with Crippen molar-refractivity contribution in [1.29, 1.82) is 21.5 Å². The molecule has 8 rings (SSSR count). The standard InChI is InChI=1S/2C9H14N4O4.2C6H10N4O2.C6H9N3O.HNO/c2*1-2-16-9(14)10-8-7-13(11-17-8)12-3-5-15-6-4-12;7-6-5-10(8-12-6)9-1-3-11-4-2-9;7-1-2-10(8-11)9-3-5-12-6-4-9;7-1-2-8-9-3-5-10-6-4-9;1-2/h2*7H,2-6H2,1H3;5,7H,1-4H2;2-6H2;2H,3-6H2;1H. The Morgan fingerprint density at radius 1 is 0.743 bits per heavy atom. The molecule has 5 fully saturated rings. The van der Waals surface area contributed by atoms with E-state index in [9.17, 15) is 15.1 Å². The average molecular weight is 995 g/mol. The van der Waals surface area contributed by atoms with Crippen molar-refractivity contribution >= 4 is 30.2 Å². The van der Waals surface area contributed by atoms with Crippen LogP contribution in [0.15, 0.2) is 52.5 Å². The van der Waals surface area contributed by atoms with Gasteiger partial charge in [0.25, 0.3) is 24.1 Å². The minimum atomic E-state index is -0.683. The maximum atomic E-state index is 11.1. The van der Waals surface area contributed by atoms with Gasteiger partial charge < -0.3 is 47.9 Å². The number of ether oxygens (including phenoxy) is 7. The fraction of sp³-hybridized carbons (Fsp3) is 0.694. The summed E-state index contributed by atoms with van der Waals surface area (Å²) in [6.45, 7) is 17.8. The van der Waals surface area contributed by atoms with Gasteiger partial charge in [-0.15, -0.1) is 14.9 Å². The molecule has 0 unspecified atom stereocenters. The Morgan fingerprint density at radius 2 is 1.17 bits per heavy atom. The van der Waals surface area contributed by atoms with Gasteiger partial charge in [-0.1, -0.05) is 24.2 Å². The highest BCUT2D eigenvalue weighted by Crippen LogP contribution is 2.07. The summed E-state index contributed by atoms with van der Waals surface area (Å²) in [5.74, 6) is 0.241. The summed E-state index contributed by atoms with van der Waals surface area (Å²) >= 11 is 0. The van der Waals surface area contributed by atoms with Crippen molar-refractivity contribution in [3.63, 3.8) is 0 Å². The summed E-state index contributed by atoms with van der Waals surface area (Å²) in [4.78, 5) is 29.5. The molecule has 386 valence electrons. The van der Waals surface area contributed by atoms with Gasteiger partial charge in [-0.3, -0.25) is 24.5 Å². The van der Waals surface area contributed by atoms with Gasteiger partial charge in [-0.05, 0) is 18.5 Å². The summed E-state index contributed by atoms with van der Waals surface area (Å²) in [6.07, 6.45) is 4.47. The predicted molar refractivity (Wildman–Crippen MR) is 228 cm³/mol. The summed E-state index contributed by atoms with van der Waals surface area (Å²) in [7, 11) is 0. The molecule has 34 nitrogen and oxygen atoms in total. The number of nitrogens with zero attached hydrogens (tertiary/aromatic N) is 18. The van der Waals surface area contributed by atoms with Crippen molar-refractivity contribution in [2.24, 2.45) is 20.4 Å². The third-order valence-corrected chi connectivity index (χ3v) is 9.00. The molecular formula is C36H58N20O14. The van der Waals surface area contributed by atoms with Gasteiger partial charge in [0.05, 0.1) is 126 Å². The number of hydrazone groups is 1. The molecule has 5 aliphatic heterocycles. The van der Waals surface area contributed by atoms with E-state index in [1.165, 1.54) is 34.4 Å². The molecule has 0 bridgehead atoms. The zero-order valence-electron chi connectivity index (χ0n) is 38.8. The summed E-state index contributed by atoms with van der Waals surface area (Å²) in [6, 6.07) is 3.71. The van der Waals surface area contributed by atoms with E-state index in [1.807, 2.05) is 32.2 Å². The van der Waals surface area contributed by atoms with Crippen molar-refractivity contribution in [3.05, 3.63) is 34.0 Å². The first-order valence-corrected chi connectivity index (χ1v) is 21.7. The molecule has 0 radical (unpaired) electrons. The molecule has 34 heteroatoms. The number of hydrogen-bond donors (Lipinski definition) is 2. The summed E-state index contributed by atoms with van der Waals surface area (Å²) in [5.41, 5.74) is 4.57. The molecule has 0 saturated carbocycles. The SMILES string of the molecule is CCOC([O-])=Nc1c[n+](N2CCOCC2)no1.CCOC([O-])=Nc1c[n+](N2CCOCC2)no1.N#CC=NN1CCOCC1.N#CCN(N=O)N1CCOCC1.N=O.N=c1c[n+](N2CCOCC2)[n-]o1. The minimum absolute atomic E-state index is 0.00347. The highest BCUT2D eigenvalue weighted by molar-refractivity contribution is 5.74. The Labute approximate surface area is 400 Å². The van der Waals surface area contributed by atoms with Crippen LogP contribution in [0.3, 0.4) is 0 Å². The molecule has 0 aliphatic carbocycles. The first-order valence-electron chi connectivity index (χ1n) is 21.7. The largest absolute Gasteiger partial charge is 0.600 e. The Balaban J connectivity index is 0.000000232. The lowest BCUT2D eigenvalue weighted by Gasteiger charge is -2.31. The van der Waals surface area contributed by atoms with Crippen LogP contribution in [-0.4, -0.2) is 195 Å². The second-order valence-corrected chi connectivity index (χ2v) is 13.5. The number of nitriles is 2. The van der Waals surface area contributed by atoms with E-state index < -0.39 is 12.2 Å². The molecular weight excluding hydrogens is 937 g/mol. The van der Waals surface area contributed by atoms with E-state index in [0.717, 1.165) is 57.5 Å². The van der Waals surface area contributed by atoms with Gasteiger partial charge in [0, 0.05) is 26.2 Å². The molecule has 0 atom stereocenters. The number of nitrogens with one attached hydrogen (secondary N) is 2.